The third-order valence-corrected chi connectivity index (χ3v) is 5.26. The Labute approximate surface area is 153 Å². The summed E-state index contributed by atoms with van der Waals surface area (Å²) < 4.78 is 0. The minimum Gasteiger partial charge on any atom is -0.335 e. The first-order valence-electron chi connectivity index (χ1n) is 9.25. The van der Waals surface area contributed by atoms with E-state index in [2.05, 4.69) is 45.9 Å². The molecule has 1 saturated carbocycles. The summed E-state index contributed by atoms with van der Waals surface area (Å²) in [6, 6.07) is 18.6. The summed E-state index contributed by atoms with van der Waals surface area (Å²) in [5, 5.41) is 8.16. The van der Waals surface area contributed by atoms with Crippen molar-refractivity contribution in [2.75, 3.05) is 5.32 Å². The molecule has 1 heterocycles. The molecule has 4 heteroatoms. The van der Waals surface area contributed by atoms with Gasteiger partial charge in [0.25, 0.3) is 0 Å². The summed E-state index contributed by atoms with van der Waals surface area (Å²) in [4.78, 5) is 16.6. The van der Waals surface area contributed by atoms with Gasteiger partial charge >= 0.3 is 6.03 Å². The SMILES string of the molecule is O=C(Nc1cccc2cnccc12)NC1CCC(c2ccccc2)CC1. The fourth-order valence-electron chi connectivity index (χ4n) is 3.87. The summed E-state index contributed by atoms with van der Waals surface area (Å²) in [6.45, 7) is 0. The zero-order valence-electron chi connectivity index (χ0n) is 14.7. The standard InChI is InChI=1S/C22H23N3O/c26-22(25-21-8-4-7-18-15-23-14-13-20(18)21)24-19-11-9-17(10-12-19)16-5-2-1-3-6-16/h1-8,13-15,17,19H,9-12H2,(H2,24,25,26). The van der Waals surface area contributed by atoms with Crippen LogP contribution in [0.4, 0.5) is 10.5 Å². The number of benzene rings is 2. The number of carbonyl (C=O) groups excluding carboxylic acids is 1. The largest absolute Gasteiger partial charge is 0.335 e. The minimum absolute atomic E-state index is 0.127. The van der Waals surface area contributed by atoms with E-state index in [4.69, 9.17) is 0 Å². The molecule has 4 rings (SSSR count). The molecule has 2 N–H and O–H groups in total. The third-order valence-electron chi connectivity index (χ3n) is 5.26. The third kappa shape index (κ3) is 3.69. The van der Waals surface area contributed by atoms with E-state index in [1.807, 2.05) is 30.5 Å². The minimum atomic E-state index is -0.127. The summed E-state index contributed by atoms with van der Waals surface area (Å²) in [7, 11) is 0. The van der Waals surface area contributed by atoms with Crippen LogP contribution in [0.5, 0.6) is 0 Å². The lowest BCUT2D eigenvalue weighted by atomic mass is 9.82. The highest BCUT2D eigenvalue weighted by atomic mass is 16.2. The van der Waals surface area contributed by atoms with Crippen LogP contribution >= 0.6 is 0 Å². The first-order chi connectivity index (χ1) is 12.8. The molecule has 0 aliphatic heterocycles. The molecular weight excluding hydrogens is 322 g/mol. The Morgan fingerprint density at radius 1 is 0.923 bits per heavy atom. The van der Waals surface area contributed by atoms with E-state index in [9.17, 15) is 4.79 Å². The predicted molar refractivity (Wildman–Crippen MR) is 105 cm³/mol. The number of amides is 2. The molecule has 3 aromatic rings. The van der Waals surface area contributed by atoms with Gasteiger partial charge in [-0.1, -0.05) is 42.5 Å². The lowest BCUT2D eigenvalue weighted by molar-refractivity contribution is 0.242. The van der Waals surface area contributed by atoms with E-state index in [0.717, 1.165) is 42.1 Å². The van der Waals surface area contributed by atoms with Gasteiger partial charge in [-0.15, -0.1) is 0 Å². The maximum absolute atomic E-state index is 12.4. The first-order valence-corrected chi connectivity index (χ1v) is 9.25. The Hall–Kier alpha value is -2.88. The van der Waals surface area contributed by atoms with E-state index in [-0.39, 0.29) is 12.1 Å². The van der Waals surface area contributed by atoms with Crippen molar-refractivity contribution in [2.24, 2.45) is 0 Å². The van der Waals surface area contributed by atoms with Crippen LogP contribution in [0.2, 0.25) is 0 Å². The molecule has 132 valence electrons. The first kappa shape index (κ1) is 16.6. The smallest absolute Gasteiger partial charge is 0.319 e. The molecule has 0 bridgehead atoms. The van der Waals surface area contributed by atoms with Gasteiger partial charge in [-0.05, 0) is 49.3 Å². The summed E-state index contributed by atoms with van der Waals surface area (Å²) in [5.74, 6) is 0.614. The Balaban J connectivity index is 1.34. The quantitative estimate of drug-likeness (QED) is 0.695. The van der Waals surface area contributed by atoms with E-state index in [1.54, 1.807) is 6.20 Å². The number of nitrogens with one attached hydrogen (secondary N) is 2. The molecule has 26 heavy (non-hydrogen) atoms. The van der Waals surface area contributed by atoms with E-state index >= 15 is 0 Å². The zero-order chi connectivity index (χ0) is 17.8. The van der Waals surface area contributed by atoms with Gasteiger partial charge < -0.3 is 10.6 Å². The normalized spacial score (nSPS) is 19.8. The molecule has 0 saturated heterocycles. The molecule has 1 fully saturated rings. The van der Waals surface area contributed by atoms with Crippen molar-refractivity contribution in [3.8, 4) is 0 Å². The molecule has 0 atom stereocenters. The van der Waals surface area contributed by atoms with Crippen molar-refractivity contribution in [1.82, 2.24) is 10.3 Å². The average molecular weight is 345 g/mol. The number of urea groups is 1. The second kappa shape index (κ2) is 7.56. The topological polar surface area (TPSA) is 54.0 Å². The maximum atomic E-state index is 12.4. The van der Waals surface area contributed by atoms with Crippen LogP contribution in [0.3, 0.4) is 0 Å². The number of pyridine rings is 1. The van der Waals surface area contributed by atoms with Gasteiger partial charge in [0, 0.05) is 29.2 Å². The number of rotatable bonds is 3. The van der Waals surface area contributed by atoms with E-state index in [1.165, 1.54) is 5.56 Å². The van der Waals surface area contributed by atoms with E-state index < -0.39 is 0 Å². The van der Waals surface area contributed by atoms with Crippen LogP contribution < -0.4 is 10.6 Å². The second-order valence-electron chi connectivity index (χ2n) is 6.96. The van der Waals surface area contributed by atoms with Crippen LogP contribution in [-0.2, 0) is 0 Å². The number of aromatic nitrogens is 1. The average Bonchev–Trinajstić information content (AvgIpc) is 2.69. The van der Waals surface area contributed by atoms with Crippen LogP contribution in [0.15, 0.2) is 67.0 Å². The molecule has 1 aliphatic rings. The molecule has 0 radical (unpaired) electrons. The van der Waals surface area contributed by atoms with Gasteiger partial charge in [0.2, 0.25) is 0 Å². The molecule has 1 aromatic heterocycles. The lowest BCUT2D eigenvalue weighted by Crippen LogP contribution is -2.39. The fraction of sp³-hybridized carbons (Fsp3) is 0.273. The van der Waals surface area contributed by atoms with Crippen molar-refractivity contribution < 1.29 is 4.79 Å². The van der Waals surface area contributed by atoms with Gasteiger partial charge in [-0.25, -0.2) is 4.79 Å². The molecule has 2 aromatic carbocycles. The molecule has 1 aliphatic carbocycles. The zero-order valence-corrected chi connectivity index (χ0v) is 14.7. The summed E-state index contributed by atoms with van der Waals surface area (Å²) in [6.07, 6.45) is 7.84. The molecular formula is C22H23N3O. The van der Waals surface area contributed by atoms with Crippen molar-refractivity contribution in [1.29, 1.82) is 0 Å². The number of hydrogen-bond acceptors (Lipinski definition) is 2. The highest BCUT2D eigenvalue weighted by Crippen LogP contribution is 2.32. The molecule has 2 amide bonds. The Morgan fingerprint density at radius 3 is 2.54 bits per heavy atom. The molecule has 4 nitrogen and oxygen atoms in total. The number of hydrogen-bond donors (Lipinski definition) is 2. The van der Waals surface area contributed by atoms with Gasteiger partial charge in [0.15, 0.2) is 0 Å². The predicted octanol–water partition coefficient (Wildman–Crippen LogP) is 5.08. The van der Waals surface area contributed by atoms with Crippen molar-refractivity contribution in [3.63, 3.8) is 0 Å². The van der Waals surface area contributed by atoms with Crippen molar-refractivity contribution >= 4 is 22.5 Å². The Morgan fingerprint density at radius 2 is 1.73 bits per heavy atom. The molecule has 0 unspecified atom stereocenters. The lowest BCUT2D eigenvalue weighted by Gasteiger charge is -2.29. The maximum Gasteiger partial charge on any atom is 0.319 e. The number of fused-ring (bicyclic) bond motifs is 1. The van der Waals surface area contributed by atoms with Gasteiger partial charge in [-0.2, -0.15) is 0 Å². The number of nitrogens with zero attached hydrogens (tertiary/aromatic N) is 1. The van der Waals surface area contributed by atoms with Crippen LogP contribution in [0.25, 0.3) is 10.8 Å². The number of anilines is 1. The second-order valence-corrected chi connectivity index (χ2v) is 6.96. The highest BCUT2D eigenvalue weighted by Gasteiger charge is 2.23. The van der Waals surface area contributed by atoms with E-state index in [0.29, 0.717) is 5.92 Å². The fourth-order valence-corrected chi connectivity index (χ4v) is 3.87. The molecule has 0 spiro atoms. The summed E-state index contributed by atoms with van der Waals surface area (Å²) in [5.41, 5.74) is 2.24. The van der Waals surface area contributed by atoms with Gasteiger partial charge in [0.05, 0.1) is 5.69 Å². The summed E-state index contributed by atoms with van der Waals surface area (Å²) >= 11 is 0. The van der Waals surface area contributed by atoms with Gasteiger partial charge in [0.1, 0.15) is 0 Å². The number of carbonyl (C=O) groups is 1. The highest BCUT2D eigenvalue weighted by molar-refractivity contribution is 6.01. The Bertz CT molecular complexity index is 881. The monoisotopic (exact) mass is 345 g/mol. The van der Waals surface area contributed by atoms with Crippen molar-refractivity contribution in [2.45, 2.75) is 37.6 Å². The van der Waals surface area contributed by atoms with Crippen molar-refractivity contribution in [3.05, 3.63) is 72.6 Å². The van der Waals surface area contributed by atoms with Crippen LogP contribution in [-0.4, -0.2) is 17.1 Å². The Kier molecular flexibility index (Phi) is 4.82. The van der Waals surface area contributed by atoms with Gasteiger partial charge in [-0.3, -0.25) is 4.98 Å². The van der Waals surface area contributed by atoms with Crippen LogP contribution in [0, 0.1) is 0 Å². The van der Waals surface area contributed by atoms with Crippen LogP contribution in [0.1, 0.15) is 37.2 Å².